The number of thioether (sulfide) groups is 1. The standard InChI is InChI=1S/C15H21N3OS2/c1-11(2)16-15(9-19,13-7-5-4-6-8-13)10-20-14-18-17-12(3)21-14/h4-8,11,16,19H,9-10H2,1-3H3. The summed E-state index contributed by atoms with van der Waals surface area (Å²) in [6.07, 6.45) is 0. The predicted molar refractivity (Wildman–Crippen MR) is 88.8 cm³/mol. The van der Waals surface area contributed by atoms with E-state index in [4.69, 9.17) is 0 Å². The molecule has 1 heterocycles. The molecule has 1 aromatic heterocycles. The van der Waals surface area contributed by atoms with Crippen LogP contribution in [0, 0.1) is 6.92 Å². The van der Waals surface area contributed by atoms with Crippen molar-refractivity contribution >= 4 is 23.1 Å². The summed E-state index contributed by atoms with van der Waals surface area (Å²) in [7, 11) is 0. The smallest absolute Gasteiger partial charge is 0.174 e. The van der Waals surface area contributed by atoms with E-state index in [-0.39, 0.29) is 12.6 Å². The van der Waals surface area contributed by atoms with Crippen molar-refractivity contribution < 1.29 is 5.11 Å². The molecule has 2 aromatic rings. The summed E-state index contributed by atoms with van der Waals surface area (Å²) in [5.74, 6) is 0.709. The predicted octanol–water partition coefficient (Wildman–Crippen LogP) is 2.82. The molecule has 0 aliphatic rings. The maximum Gasteiger partial charge on any atom is 0.174 e. The summed E-state index contributed by atoms with van der Waals surface area (Å²) >= 11 is 3.22. The number of rotatable bonds is 7. The fourth-order valence-corrected chi connectivity index (χ4v) is 4.22. The van der Waals surface area contributed by atoms with Gasteiger partial charge < -0.3 is 10.4 Å². The third-order valence-corrected chi connectivity index (χ3v) is 5.31. The lowest BCUT2D eigenvalue weighted by Gasteiger charge is -2.35. The van der Waals surface area contributed by atoms with E-state index < -0.39 is 5.54 Å². The van der Waals surface area contributed by atoms with Crippen LogP contribution in [-0.4, -0.2) is 33.7 Å². The van der Waals surface area contributed by atoms with Crippen LogP contribution in [0.2, 0.25) is 0 Å². The fourth-order valence-electron chi connectivity index (χ4n) is 2.22. The molecule has 1 aromatic carbocycles. The van der Waals surface area contributed by atoms with E-state index in [0.717, 1.165) is 14.9 Å². The van der Waals surface area contributed by atoms with Gasteiger partial charge >= 0.3 is 0 Å². The van der Waals surface area contributed by atoms with Crippen molar-refractivity contribution in [1.29, 1.82) is 0 Å². The first-order valence-corrected chi connectivity index (χ1v) is 8.73. The maximum absolute atomic E-state index is 10.1. The fraction of sp³-hybridized carbons (Fsp3) is 0.467. The quantitative estimate of drug-likeness (QED) is 0.767. The van der Waals surface area contributed by atoms with Crippen LogP contribution in [0.3, 0.4) is 0 Å². The number of aliphatic hydroxyl groups is 1. The van der Waals surface area contributed by atoms with Crippen molar-refractivity contribution in [3.8, 4) is 0 Å². The summed E-state index contributed by atoms with van der Waals surface area (Å²) in [5.41, 5.74) is 0.620. The first kappa shape index (κ1) is 16.4. The number of hydrogen-bond donors (Lipinski definition) is 2. The van der Waals surface area contributed by atoms with E-state index in [1.807, 2.05) is 25.1 Å². The first-order chi connectivity index (χ1) is 10.1. The first-order valence-electron chi connectivity index (χ1n) is 6.93. The number of nitrogens with one attached hydrogen (secondary N) is 1. The molecule has 0 radical (unpaired) electrons. The van der Waals surface area contributed by atoms with Crippen LogP contribution in [0.1, 0.15) is 24.4 Å². The van der Waals surface area contributed by atoms with Gasteiger partial charge in [0.05, 0.1) is 12.1 Å². The van der Waals surface area contributed by atoms with Crippen LogP contribution in [0.5, 0.6) is 0 Å². The minimum absolute atomic E-state index is 0.0416. The minimum Gasteiger partial charge on any atom is -0.394 e. The number of nitrogens with zero attached hydrogens (tertiary/aromatic N) is 2. The Morgan fingerprint density at radius 2 is 2.00 bits per heavy atom. The van der Waals surface area contributed by atoms with Gasteiger partial charge in [0.2, 0.25) is 0 Å². The van der Waals surface area contributed by atoms with Gasteiger partial charge in [0, 0.05) is 11.8 Å². The molecule has 114 valence electrons. The Morgan fingerprint density at radius 3 is 2.52 bits per heavy atom. The lowest BCUT2D eigenvalue weighted by Crippen LogP contribution is -2.50. The summed E-state index contributed by atoms with van der Waals surface area (Å²) in [5, 5.41) is 22.7. The van der Waals surface area contributed by atoms with Crippen LogP contribution in [0.25, 0.3) is 0 Å². The monoisotopic (exact) mass is 323 g/mol. The number of hydrogen-bond acceptors (Lipinski definition) is 6. The van der Waals surface area contributed by atoms with Gasteiger partial charge in [-0.15, -0.1) is 10.2 Å². The van der Waals surface area contributed by atoms with Gasteiger partial charge in [-0.25, -0.2) is 0 Å². The van der Waals surface area contributed by atoms with Crippen LogP contribution >= 0.6 is 23.1 Å². The summed E-state index contributed by atoms with van der Waals surface area (Å²) in [4.78, 5) is 0. The minimum atomic E-state index is -0.473. The molecule has 2 rings (SSSR count). The molecular formula is C15H21N3OS2. The van der Waals surface area contributed by atoms with Crippen molar-refractivity contribution in [3.05, 3.63) is 40.9 Å². The number of aliphatic hydroxyl groups excluding tert-OH is 1. The third kappa shape index (κ3) is 4.26. The molecule has 0 amide bonds. The van der Waals surface area contributed by atoms with Crippen LogP contribution in [0.4, 0.5) is 0 Å². The highest BCUT2D eigenvalue weighted by Crippen LogP contribution is 2.31. The topological polar surface area (TPSA) is 58.0 Å². The summed E-state index contributed by atoms with van der Waals surface area (Å²) < 4.78 is 0.937. The lowest BCUT2D eigenvalue weighted by atomic mass is 9.92. The van der Waals surface area contributed by atoms with Crippen LogP contribution < -0.4 is 5.32 Å². The molecule has 0 bridgehead atoms. The van der Waals surface area contributed by atoms with Crippen LogP contribution in [0.15, 0.2) is 34.7 Å². The maximum atomic E-state index is 10.1. The van der Waals surface area contributed by atoms with Gasteiger partial charge in [-0.05, 0) is 26.3 Å². The zero-order valence-corrected chi connectivity index (χ0v) is 14.2. The molecule has 4 nitrogen and oxygen atoms in total. The molecule has 0 fully saturated rings. The zero-order chi connectivity index (χ0) is 15.3. The van der Waals surface area contributed by atoms with E-state index in [0.29, 0.717) is 5.75 Å². The average Bonchev–Trinajstić information content (AvgIpc) is 2.90. The van der Waals surface area contributed by atoms with E-state index in [1.54, 1.807) is 23.1 Å². The molecule has 1 unspecified atom stereocenters. The summed E-state index contributed by atoms with van der Waals surface area (Å²) in [6, 6.07) is 10.4. The molecule has 1 atom stereocenters. The van der Waals surface area contributed by atoms with Crippen LogP contribution in [-0.2, 0) is 5.54 Å². The SMILES string of the molecule is Cc1nnc(SCC(CO)(NC(C)C)c2ccccc2)s1. The molecule has 0 spiro atoms. The van der Waals surface area contributed by atoms with Crippen molar-refractivity contribution in [2.75, 3.05) is 12.4 Å². The average molecular weight is 323 g/mol. The number of benzene rings is 1. The molecule has 0 saturated heterocycles. The zero-order valence-electron chi connectivity index (χ0n) is 12.5. The van der Waals surface area contributed by atoms with Crippen molar-refractivity contribution in [1.82, 2.24) is 15.5 Å². The van der Waals surface area contributed by atoms with E-state index in [2.05, 4.69) is 41.5 Å². The second-order valence-electron chi connectivity index (χ2n) is 5.28. The van der Waals surface area contributed by atoms with E-state index in [1.165, 1.54) is 0 Å². The molecule has 0 saturated carbocycles. The molecule has 0 aliphatic heterocycles. The highest BCUT2D eigenvalue weighted by Gasteiger charge is 2.32. The molecule has 6 heteroatoms. The number of aromatic nitrogens is 2. The Kier molecular flexibility index (Phi) is 5.75. The second kappa shape index (κ2) is 7.35. The van der Waals surface area contributed by atoms with E-state index in [9.17, 15) is 5.11 Å². The Balaban J connectivity index is 2.22. The van der Waals surface area contributed by atoms with Gasteiger partial charge in [-0.1, -0.05) is 53.4 Å². The Hall–Kier alpha value is -0.950. The molecule has 21 heavy (non-hydrogen) atoms. The Bertz CT molecular complexity index is 559. The normalized spacial score (nSPS) is 14.3. The third-order valence-electron chi connectivity index (χ3n) is 3.11. The van der Waals surface area contributed by atoms with Gasteiger partial charge in [-0.2, -0.15) is 0 Å². The largest absolute Gasteiger partial charge is 0.394 e. The highest BCUT2D eigenvalue weighted by atomic mass is 32.2. The Labute approximate surface area is 134 Å². The van der Waals surface area contributed by atoms with Gasteiger partial charge in [0.15, 0.2) is 4.34 Å². The van der Waals surface area contributed by atoms with Crippen molar-refractivity contribution in [2.24, 2.45) is 0 Å². The van der Waals surface area contributed by atoms with Crippen molar-refractivity contribution in [2.45, 2.75) is 36.7 Å². The van der Waals surface area contributed by atoms with Gasteiger partial charge in [0.25, 0.3) is 0 Å². The second-order valence-corrected chi connectivity index (χ2v) is 7.69. The highest BCUT2D eigenvalue weighted by molar-refractivity contribution is 8.01. The molecule has 0 aliphatic carbocycles. The van der Waals surface area contributed by atoms with E-state index >= 15 is 0 Å². The summed E-state index contributed by atoms with van der Waals surface area (Å²) in [6.45, 7) is 6.17. The molecular weight excluding hydrogens is 302 g/mol. The van der Waals surface area contributed by atoms with Gasteiger partial charge in [0.1, 0.15) is 5.01 Å². The van der Waals surface area contributed by atoms with Crippen molar-refractivity contribution in [3.63, 3.8) is 0 Å². The molecule has 2 N–H and O–H groups in total. The van der Waals surface area contributed by atoms with Gasteiger partial charge in [-0.3, -0.25) is 0 Å². The lowest BCUT2D eigenvalue weighted by molar-refractivity contribution is 0.170. The number of aryl methyl sites for hydroxylation is 1. The Morgan fingerprint density at radius 1 is 1.29 bits per heavy atom.